The molecule has 0 spiro atoms. The van der Waals surface area contributed by atoms with Crippen molar-refractivity contribution in [1.82, 2.24) is 10.2 Å². The first-order chi connectivity index (χ1) is 8.27. The van der Waals surface area contributed by atoms with Crippen LogP contribution in [0, 0.1) is 0 Å². The number of hydrogen-bond donors (Lipinski definition) is 1. The summed E-state index contributed by atoms with van der Waals surface area (Å²) < 4.78 is 1.03. The van der Waals surface area contributed by atoms with Gasteiger partial charge in [0.25, 0.3) is 0 Å². The number of nitrogens with zero attached hydrogens (tertiary/aromatic N) is 2. The van der Waals surface area contributed by atoms with Gasteiger partial charge in [-0.2, -0.15) is 0 Å². The highest BCUT2D eigenvalue weighted by molar-refractivity contribution is 9.10. The van der Waals surface area contributed by atoms with E-state index in [1.807, 2.05) is 35.7 Å². The molecule has 0 saturated carbocycles. The van der Waals surface area contributed by atoms with Crippen LogP contribution in [0.5, 0.6) is 0 Å². The maximum Gasteiger partial charge on any atom is 0.154 e. The van der Waals surface area contributed by atoms with E-state index in [0.29, 0.717) is 5.82 Å². The lowest BCUT2D eigenvalue weighted by Crippen LogP contribution is -1.96. The second-order valence-electron chi connectivity index (χ2n) is 3.58. The maximum atomic E-state index is 5.83. The van der Waals surface area contributed by atoms with Crippen LogP contribution in [0.3, 0.4) is 0 Å². The highest BCUT2D eigenvalue weighted by atomic mass is 79.9. The number of hydrogen-bond acceptors (Lipinski definition) is 4. The number of anilines is 1. The van der Waals surface area contributed by atoms with E-state index in [1.54, 1.807) is 11.3 Å². The number of nitrogen functional groups attached to an aromatic ring is 1. The topological polar surface area (TPSA) is 51.8 Å². The lowest BCUT2D eigenvalue weighted by atomic mass is 10.1. The van der Waals surface area contributed by atoms with Crippen molar-refractivity contribution in [3.8, 4) is 10.6 Å². The van der Waals surface area contributed by atoms with Crippen LogP contribution in [0.25, 0.3) is 21.3 Å². The number of thiophene rings is 1. The van der Waals surface area contributed by atoms with Crippen molar-refractivity contribution in [1.29, 1.82) is 0 Å². The number of fused-ring (bicyclic) bond motifs is 1. The third-order valence-electron chi connectivity index (χ3n) is 2.55. The van der Waals surface area contributed by atoms with Gasteiger partial charge in [0.15, 0.2) is 5.82 Å². The van der Waals surface area contributed by atoms with Crippen molar-refractivity contribution >= 4 is 43.9 Å². The molecule has 0 aliphatic carbocycles. The Morgan fingerprint density at radius 3 is 2.53 bits per heavy atom. The largest absolute Gasteiger partial charge is 0.382 e. The Balaban J connectivity index is 2.39. The zero-order chi connectivity index (χ0) is 11.8. The quantitative estimate of drug-likeness (QED) is 0.746. The van der Waals surface area contributed by atoms with Crippen LogP contribution in [0.2, 0.25) is 0 Å². The van der Waals surface area contributed by atoms with Crippen molar-refractivity contribution in [3.05, 3.63) is 40.2 Å². The van der Waals surface area contributed by atoms with E-state index in [1.165, 1.54) is 0 Å². The molecular formula is C12H8BrN3S. The van der Waals surface area contributed by atoms with Gasteiger partial charge in [-0.15, -0.1) is 21.5 Å². The van der Waals surface area contributed by atoms with Crippen LogP contribution in [-0.2, 0) is 0 Å². The van der Waals surface area contributed by atoms with E-state index in [9.17, 15) is 0 Å². The summed E-state index contributed by atoms with van der Waals surface area (Å²) in [7, 11) is 0. The van der Waals surface area contributed by atoms with E-state index in [2.05, 4.69) is 26.1 Å². The van der Waals surface area contributed by atoms with Gasteiger partial charge in [-0.1, -0.05) is 24.3 Å². The molecule has 84 valence electrons. The van der Waals surface area contributed by atoms with E-state index >= 15 is 0 Å². The van der Waals surface area contributed by atoms with Crippen LogP contribution in [0.15, 0.2) is 40.2 Å². The zero-order valence-corrected chi connectivity index (χ0v) is 11.1. The Kier molecular flexibility index (Phi) is 2.57. The number of halogens is 1. The summed E-state index contributed by atoms with van der Waals surface area (Å²) in [4.78, 5) is 1.08. The smallest absolute Gasteiger partial charge is 0.154 e. The van der Waals surface area contributed by atoms with E-state index in [4.69, 9.17) is 5.73 Å². The van der Waals surface area contributed by atoms with E-state index in [-0.39, 0.29) is 0 Å². The SMILES string of the molecule is Nc1nnc(-c2sccc2Br)c2ccccc12. The van der Waals surface area contributed by atoms with Crippen molar-refractivity contribution in [3.63, 3.8) is 0 Å². The minimum Gasteiger partial charge on any atom is -0.382 e. The predicted octanol–water partition coefficient (Wildman–Crippen LogP) is 3.70. The van der Waals surface area contributed by atoms with Gasteiger partial charge in [0, 0.05) is 15.2 Å². The Bertz CT molecular complexity index is 693. The average molecular weight is 306 g/mol. The fourth-order valence-electron chi connectivity index (χ4n) is 1.76. The van der Waals surface area contributed by atoms with Crippen LogP contribution in [0.1, 0.15) is 0 Å². The molecule has 5 heteroatoms. The Morgan fingerprint density at radius 2 is 1.82 bits per heavy atom. The standard InChI is InChI=1S/C12H8BrN3S/c13-9-5-6-17-11(9)10-7-3-1-2-4-8(7)12(14)16-15-10/h1-6H,(H2,14,16). The van der Waals surface area contributed by atoms with Crippen LogP contribution in [0.4, 0.5) is 5.82 Å². The van der Waals surface area contributed by atoms with Gasteiger partial charge >= 0.3 is 0 Å². The van der Waals surface area contributed by atoms with Gasteiger partial charge in [-0.05, 0) is 27.4 Å². The van der Waals surface area contributed by atoms with E-state index in [0.717, 1.165) is 25.8 Å². The third-order valence-corrected chi connectivity index (χ3v) is 4.39. The lowest BCUT2D eigenvalue weighted by molar-refractivity contribution is 1.07. The summed E-state index contributed by atoms with van der Waals surface area (Å²) in [6.07, 6.45) is 0. The Morgan fingerprint density at radius 1 is 1.06 bits per heavy atom. The molecule has 3 aromatic rings. The minimum atomic E-state index is 0.469. The predicted molar refractivity (Wildman–Crippen MR) is 75.0 cm³/mol. The fraction of sp³-hybridized carbons (Fsp3) is 0. The summed E-state index contributed by atoms with van der Waals surface area (Å²) in [6, 6.07) is 9.92. The van der Waals surface area contributed by atoms with Crippen molar-refractivity contribution in [2.45, 2.75) is 0 Å². The first-order valence-corrected chi connectivity index (χ1v) is 6.69. The van der Waals surface area contributed by atoms with Crippen molar-refractivity contribution in [2.24, 2.45) is 0 Å². The van der Waals surface area contributed by atoms with Gasteiger partial charge in [0.1, 0.15) is 5.69 Å². The first-order valence-electron chi connectivity index (χ1n) is 5.01. The molecule has 0 radical (unpaired) electrons. The maximum absolute atomic E-state index is 5.83. The third kappa shape index (κ3) is 1.71. The number of benzene rings is 1. The number of rotatable bonds is 1. The molecule has 3 nitrogen and oxygen atoms in total. The average Bonchev–Trinajstić information content (AvgIpc) is 2.77. The molecule has 2 heterocycles. The fourth-order valence-corrected chi connectivity index (χ4v) is 3.31. The second-order valence-corrected chi connectivity index (χ2v) is 5.35. The molecule has 0 saturated heterocycles. The second kappa shape index (κ2) is 4.09. The lowest BCUT2D eigenvalue weighted by Gasteiger charge is -2.05. The van der Waals surface area contributed by atoms with Gasteiger partial charge in [0.2, 0.25) is 0 Å². The van der Waals surface area contributed by atoms with E-state index < -0.39 is 0 Å². The first kappa shape index (κ1) is 10.7. The minimum absolute atomic E-state index is 0.469. The molecule has 3 rings (SSSR count). The Hall–Kier alpha value is -1.46. The summed E-state index contributed by atoms with van der Waals surface area (Å²) in [6.45, 7) is 0. The molecule has 2 aromatic heterocycles. The molecule has 0 fully saturated rings. The van der Waals surface area contributed by atoms with Crippen molar-refractivity contribution < 1.29 is 0 Å². The molecule has 0 bridgehead atoms. The number of nitrogens with two attached hydrogens (primary N) is 1. The Labute approximate surface area is 110 Å². The highest BCUT2D eigenvalue weighted by Crippen LogP contribution is 2.36. The normalized spacial score (nSPS) is 10.9. The molecular weight excluding hydrogens is 298 g/mol. The summed E-state index contributed by atoms with van der Waals surface area (Å²) >= 11 is 5.15. The summed E-state index contributed by atoms with van der Waals surface area (Å²) in [5.74, 6) is 0.469. The van der Waals surface area contributed by atoms with Crippen LogP contribution < -0.4 is 5.73 Å². The van der Waals surface area contributed by atoms with Gasteiger partial charge < -0.3 is 5.73 Å². The summed E-state index contributed by atoms with van der Waals surface area (Å²) in [5, 5.41) is 12.2. The monoisotopic (exact) mass is 305 g/mol. The van der Waals surface area contributed by atoms with Gasteiger partial charge in [0.05, 0.1) is 4.88 Å². The molecule has 0 aliphatic rings. The van der Waals surface area contributed by atoms with Crippen LogP contribution in [-0.4, -0.2) is 10.2 Å². The zero-order valence-electron chi connectivity index (χ0n) is 8.72. The molecule has 0 atom stereocenters. The van der Waals surface area contributed by atoms with Crippen LogP contribution >= 0.6 is 27.3 Å². The van der Waals surface area contributed by atoms with Gasteiger partial charge in [-0.25, -0.2) is 0 Å². The number of aromatic nitrogens is 2. The molecule has 2 N–H and O–H groups in total. The molecule has 0 aliphatic heterocycles. The molecule has 0 unspecified atom stereocenters. The molecule has 17 heavy (non-hydrogen) atoms. The molecule has 0 amide bonds. The van der Waals surface area contributed by atoms with Crippen molar-refractivity contribution in [2.75, 3.05) is 5.73 Å². The summed E-state index contributed by atoms with van der Waals surface area (Å²) in [5.41, 5.74) is 6.71. The van der Waals surface area contributed by atoms with Gasteiger partial charge in [-0.3, -0.25) is 0 Å². The molecule has 1 aromatic carbocycles. The highest BCUT2D eigenvalue weighted by Gasteiger charge is 2.12.